The molecule has 3 amide bonds. The monoisotopic (exact) mass is 327 g/mol. The molecule has 1 atom stereocenters. The minimum Gasteiger partial charge on any atom is -0.480 e. The summed E-state index contributed by atoms with van der Waals surface area (Å²) in [7, 11) is 0. The van der Waals surface area contributed by atoms with Gasteiger partial charge in [-0.2, -0.15) is 0 Å². The minimum absolute atomic E-state index is 0.268. The van der Waals surface area contributed by atoms with E-state index in [-0.39, 0.29) is 19.5 Å². The molecule has 0 aliphatic heterocycles. The van der Waals surface area contributed by atoms with Crippen LogP contribution in [0.1, 0.15) is 18.9 Å². The van der Waals surface area contributed by atoms with Crippen LogP contribution in [0.4, 0.5) is 4.79 Å². The van der Waals surface area contributed by atoms with Crippen LogP contribution in [0.2, 0.25) is 5.02 Å². The summed E-state index contributed by atoms with van der Waals surface area (Å²) >= 11 is 5.75. The van der Waals surface area contributed by atoms with E-state index >= 15 is 0 Å². The highest BCUT2D eigenvalue weighted by Gasteiger charge is 2.17. The van der Waals surface area contributed by atoms with Crippen molar-refractivity contribution in [1.29, 1.82) is 0 Å². The first-order valence-corrected chi connectivity index (χ1v) is 7.08. The Morgan fingerprint density at radius 3 is 2.36 bits per heavy atom. The van der Waals surface area contributed by atoms with Gasteiger partial charge in [0.05, 0.1) is 6.54 Å². The van der Waals surface area contributed by atoms with E-state index in [0.717, 1.165) is 5.56 Å². The molecule has 0 fully saturated rings. The lowest BCUT2D eigenvalue weighted by Crippen LogP contribution is -2.46. The van der Waals surface area contributed by atoms with Crippen LogP contribution in [-0.4, -0.2) is 35.6 Å². The van der Waals surface area contributed by atoms with Gasteiger partial charge in [0, 0.05) is 11.6 Å². The second-order valence-corrected chi connectivity index (χ2v) is 4.97. The summed E-state index contributed by atoms with van der Waals surface area (Å²) in [5, 5.41) is 16.6. The summed E-state index contributed by atoms with van der Waals surface area (Å²) in [5.74, 6) is -1.67. The second kappa shape index (κ2) is 8.89. The van der Waals surface area contributed by atoms with Crippen LogP contribution >= 0.6 is 11.6 Å². The first kappa shape index (κ1) is 17.8. The van der Waals surface area contributed by atoms with Crippen molar-refractivity contribution in [3.8, 4) is 0 Å². The average molecular weight is 328 g/mol. The Bertz CT molecular complexity index is 533. The summed E-state index contributed by atoms with van der Waals surface area (Å²) in [4.78, 5) is 33.8. The van der Waals surface area contributed by atoms with Gasteiger partial charge >= 0.3 is 12.0 Å². The van der Waals surface area contributed by atoms with Crippen LogP contribution in [0.5, 0.6) is 0 Å². The molecule has 0 aromatic heterocycles. The molecule has 0 spiro atoms. The summed E-state index contributed by atoms with van der Waals surface area (Å²) in [6.45, 7) is 1.64. The molecule has 0 radical (unpaired) electrons. The zero-order valence-electron chi connectivity index (χ0n) is 12.1. The number of aliphatic carboxylic acids is 1. The maximum absolute atomic E-state index is 11.5. The van der Waals surface area contributed by atoms with Crippen LogP contribution in [0.25, 0.3) is 0 Å². The Hall–Kier alpha value is -2.28. The summed E-state index contributed by atoms with van der Waals surface area (Å²) in [6, 6.07) is 5.49. The van der Waals surface area contributed by atoms with Gasteiger partial charge in [-0.1, -0.05) is 30.7 Å². The first-order chi connectivity index (χ1) is 10.4. The van der Waals surface area contributed by atoms with Gasteiger partial charge in [0.2, 0.25) is 5.91 Å². The number of amides is 3. The van der Waals surface area contributed by atoms with Crippen LogP contribution in [0.3, 0.4) is 0 Å². The largest absolute Gasteiger partial charge is 0.480 e. The average Bonchev–Trinajstić information content (AvgIpc) is 2.49. The molecule has 8 heteroatoms. The molecule has 1 rings (SSSR count). The number of nitrogens with one attached hydrogen (secondary N) is 3. The van der Waals surface area contributed by atoms with E-state index < -0.39 is 23.9 Å². The highest BCUT2D eigenvalue weighted by Crippen LogP contribution is 2.08. The lowest BCUT2D eigenvalue weighted by atomic mass is 10.2. The van der Waals surface area contributed by atoms with Crippen molar-refractivity contribution in [2.75, 3.05) is 6.54 Å². The third-order valence-electron chi connectivity index (χ3n) is 2.82. The van der Waals surface area contributed by atoms with Crippen LogP contribution in [0.15, 0.2) is 24.3 Å². The molecular weight excluding hydrogens is 310 g/mol. The molecule has 1 unspecified atom stereocenters. The van der Waals surface area contributed by atoms with E-state index in [9.17, 15) is 14.4 Å². The number of carboxylic acids is 1. The third kappa shape index (κ3) is 6.45. The van der Waals surface area contributed by atoms with Crippen LogP contribution in [0, 0.1) is 0 Å². The number of hydrogen-bond acceptors (Lipinski definition) is 3. The van der Waals surface area contributed by atoms with E-state index in [1.807, 2.05) is 0 Å². The quantitative estimate of drug-likeness (QED) is 0.602. The fourth-order valence-corrected chi connectivity index (χ4v) is 1.72. The van der Waals surface area contributed by atoms with Gasteiger partial charge in [0.15, 0.2) is 0 Å². The molecule has 0 saturated heterocycles. The van der Waals surface area contributed by atoms with Gasteiger partial charge in [-0.05, 0) is 24.1 Å². The molecule has 120 valence electrons. The van der Waals surface area contributed by atoms with E-state index in [0.29, 0.717) is 5.02 Å². The Balaban J connectivity index is 2.29. The summed E-state index contributed by atoms with van der Waals surface area (Å²) in [5.41, 5.74) is 0.862. The Kier molecular flexibility index (Phi) is 7.18. The topological polar surface area (TPSA) is 108 Å². The predicted octanol–water partition coefficient (Wildman–Crippen LogP) is 1.12. The normalized spacial score (nSPS) is 11.4. The summed E-state index contributed by atoms with van der Waals surface area (Å²) < 4.78 is 0. The van der Waals surface area contributed by atoms with Gasteiger partial charge in [-0.15, -0.1) is 0 Å². The van der Waals surface area contributed by atoms with Crippen molar-refractivity contribution in [3.63, 3.8) is 0 Å². The minimum atomic E-state index is -1.11. The van der Waals surface area contributed by atoms with Crippen molar-refractivity contribution >= 4 is 29.5 Å². The van der Waals surface area contributed by atoms with E-state index in [1.165, 1.54) is 0 Å². The number of carboxylic acid groups (broad SMARTS) is 1. The first-order valence-electron chi connectivity index (χ1n) is 6.70. The molecule has 0 saturated carbocycles. The van der Waals surface area contributed by atoms with Crippen LogP contribution < -0.4 is 16.0 Å². The number of carbonyl (C=O) groups is 3. The number of halogens is 1. The lowest BCUT2D eigenvalue weighted by molar-refractivity contribution is -0.141. The molecule has 0 aliphatic rings. The number of carbonyl (C=O) groups excluding carboxylic acids is 2. The van der Waals surface area contributed by atoms with E-state index in [4.69, 9.17) is 16.7 Å². The molecule has 0 aliphatic carbocycles. The van der Waals surface area contributed by atoms with Crippen molar-refractivity contribution in [2.24, 2.45) is 0 Å². The predicted molar refractivity (Wildman–Crippen MR) is 81.5 cm³/mol. The smallest absolute Gasteiger partial charge is 0.326 e. The van der Waals surface area contributed by atoms with Gasteiger partial charge in [0.1, 0.15) is 6.04 Å². The fraction of sp³-hybridized carbons (Fsp3) is 0.357. The highest BCUT2D eigenvalue weighted by molar-refractivity contribution is 6.30. The highest BCUT2D eigenvalue weighted by atomic mass is 35.5. The zero-order valence-corrected chi connectivity index (χ0v) is 12.8. The number of benzene rings is 1. The molecular formula is C14H18ClN3O4. The van der Waals surface area contributed by atoms with E-state index in [1.54, 1.807) is 31.2 Å². The second-order valence-electron chi connectivity index (χ2n) is 4.53. The molecule has 1 aromatic rings. The molecule has 22 heavy (non-hydrogen) atoms. The van der Waals surface area contributed by atoms with Crippen molar-refractivity contribution in [1.82, 2.24) is 16.0 Å². The third-order valence-corrected chi connectivity index (χ3v) is 3.07. The van der Waals surface area contributed by atoms with Gasteiger partial charge in [-0.25, -0.2) is 9.59 Å². The van der Waals surface area contributed by atoms with Crippen molar-refractivity contribution in [3.05, 3.63) is 34.9 Å². The Morgan fingerprint density at radius 1 is 1.18 bits per heavy atom. The Morgan fingerprint density at radius 2 is 1.82 bits per heavy atom. The van der Waals surface area contributed by atoms with Crippen molar-refractivity contribution < 1.29 is 19.5 Å². The van der Waals surface area contributed by atoms with Gasteiger partial charge in [0.25, 0.3) is 0 Å². The number of rotatable bonds is 7. The van der Waals surface area contributed by atoms with Gasteiger partial charge in [-0.3, -0.25) is 4.79 Å². The van der Waals surface area contributed by atoms with Gasteiger partial charge < -0.3 is 21.1 Å². The molecule has 1 aromatic carbocycles. The standard InChI is InChI=1S/C14H18ClN3O4/c1-2-11(13(20)21)18-12(19)8-17-14(22)16-7-9-3-5-10(15)6-4-9/h3-6,11H,2,7-8H2,1H3,(H,18,19)(H,20,21)(H2,16,17,22). The fourth-order valence-electron chi connectivity index (χ4n) is 1.59. The SMILES string of the molecule is CCC(NC(=O)CNC(=O)NCc1ccc(Cl)cc1)C(=O)O. The van der Waals surface area contributed by atoms with E-state index in [2.05, 4.69) is 16.0 Å². The van der Waals surface area contributed by atoms with Crippen molar-refractivity contribution in [2.45, 2.75) is 25.9 Å². The zero-order chi connectivity index (χ0) is 16.5. The lowest BCUT2D eigenvalue weighted by Gasteiger charge is -2.13. The maximum atomic E-state index is 11.5. The maximum Gasteiger partial charge on any atom is 0.326 e. The molecule has 0 heterocycles. The summed E-state index contributed by atoms with van der Waals surface area (Å²) in [6.07, 6.45) is 0.268. The molecule has 7 nitrogen and oxygen atoms in total. The number of urea groups is 1. The van der Waals surface area contributed by atoms with Crippen LogP contribution in [-0.2, 0) is 16.1 Å². The Labute approximate surface area is 133 Å². The molecule has 0 bridgehead atoms. The number of hydrogen-bond donors (Lipinski definition) is 4. The molecule has 4 N–H and O–H groups in total.